The van der Waals surface area contributed by atoms with Crippen LogP contribution >= 0.6 is 0 Å². The Morgan fingerprint density at radius 2 is 0.806 bits per heavy atom. The fraction of sp³-hybridized carbons (Fsp3) is 0. The SMILES string of the molecule is Nc1c(-c2ccccc2)ccc(S(=O)(=O)c2ccc(-c3ccccc3)c(N)c2N)c1N. The Hall–Kier alpha value is -3.97. The van der Waals surface area contributed by atoms with Gasteiger partial charge in [-0.3, -0.25) is 0 Å². The minimum atomic E-state index is -4.05. The summed E-state index contributed by atoms with van der Waals surface area (Å²) in [6.07, 6.45) is 0. The van der Waals surface area contributed by atoms with Crippen molar-refractivity contribution in [2.75, 3.05) is 22.9 Å². The van der Waals surface area contributed by atoms with Gasteiger partial charge in [-0.1, -0.05) is 72.8 Å². The first-order valence-electron chi connectivity index (χ1n) is 9.54. The second-order valence-electron chi connectivity index (χ2n) is 7.11. The number of benzene rings is 4. The van der Waals surface area contributed by atoms with Crippen LogP contribution in [-0.4, -0.2) is 8.42 Å². The maximum absolute atomic E-state index is 13.4. The van der Waals surface area contributed by atoms with Crippen molar-refractivity contribution >= 4 is 32.6 Å². The molecule has 0 bridgehead atoms. The lowest BCUT2D eigenvalue weighted by Crippen LogP contribution is -2.12. The first kappa shape index (κ1) is 20.3. The normalized spacial score (nSPS) is 11.4. The summed E-state index contributed by atoms with van der Waals surface area (Å²) >= 11 is 0. The predicted octanol–water partition coefficient (Wildman–Crippen LogP) is 4.18. The molecule has 6 nitrogen and oxygen atoms in total. The smallest absolute Gasteiger partial charge is 0.210 e. The Morgan fingerprint density at radius 3 is 1.16 bits per heavy atom. The fourth-order valence-corrected chi connectivity index (χ4v) is 5.09. The van der Waals surface area contributed by atoms with Gasteiger partial charge in [-0.05, 0) is 23.3 Å². The minimum absolute atomic E-state index is 0.0218. The molecule has 4 rings (SSSR count). The number of rotatable bonds is 4. The van der Waals surface area contributed by atoms with E-state index in [1.54, 1.807) is 12.1 Å². The number of nitrogens with two attached hydrogens (primary N) is 4. The molecule has 0 spiro atoms. The molecule has 0 heterocycles. The lowest BCUT2D eigenvalue weighted by Gasteiger charge is -2.16. The summed E-state index contributed by atoms with van der Waals surface area (Å²) in [6, 6.07) is 24.9. The quantitative estimate of drug-likeness (QED) is 0.358. The predicted molar refractivity (Wildman–Crippen MR) is 127 cm³/mol. The van der Waals surface area contributed by atoms with E-state index >= 15 is 0 Å². The molecule has 4 aromatic rings. The summed E-state index contributed by atoms with van der Waals surface area (Å²) in [5, 5.41) is 0. The van der Waals surface area contributed by atoms with Crippen molar-refractivity contribution in [2.24, 2.45) is 0 Å². The molecule has 0 radical (unpaired) electrons. The van der Waals surface area contributed by atoms with Gasteiger partial charge in [-0.2, -0.15) is 0 Å². The van der Waals surface area contributed by atoms with Gasteiger partial charge in [0, 0.05) is 11.1 Å². The third kappa shape index (κ3) is 3.45. The summed E-state index contributed by atoms with van der Waals surface area (Å²) in [4.78, 5) is -0.216. The highest BCUT2D eigenvalue weighted by molar-refractivity contribution is 7.91. The van der Waals surface area contributed by atoms with E-state index in [9.17, 15) is 8.42 Å². The van der Waals surface area contributed by atoms with Crippen LogP contribution in [0.1, 0.15) is 0 Å². The van der Waals surface area contributed by atoms with Crippen molar-refractivity contribution in [3.63, 3.8) is 0 Å². The minimum Gasteiger partial charge on any atom is -0.397 e. The molecule has 7 heteroatoms. The Balaban J connectivity index is 1.83. The van der Waals surface area contributed by atoms with Crippen LogP contribution in [0.5, 0.6) is 0 Å². The molecule has 0 aliphatic heterocycles. The summed E-state index contributed by atoms with van der Waals surface area (Å²) in [6.45, 7) is 0. The van der Waals surface area contributed by atoms with Crippen LogP contribution < -0.4 is 22.9 Å². The molecule has 31 heavy (non-hydrogen) atoms. The Morgan fingerprint density at radius 1 is 0.452 bits per heavy atom. The number of anilines is 4. The van der Waals surface area contributed by atoms with Gasteiger partial charge in [-0.15, -0.1) is 0 Å². The zero-order chi connectivity index (χ0) is 22.2. The third-order valence-corrected chi connectivity index (χ3v) is 7.11. The molecule has 156 valence electrons. The molecule has 0 fully saturated rings. The summed E-state index contributed by atoms with van der Waals surface area (Å²) < 4.78 is 26.8. The summed E-state index contributed by atoms with van der Waals surface area (Å²) in [5.41, 5.74) is 28.1. The van der Waals surface area contributed by atoms with Gasteiger partial charge in [0.15, 0.2) is 0 Å². The van der Waals surface area contributed by atoms with Gasteiger partial charge >= 0.3 is 0 Å². The fourth-order valence-electron chi connectivity index (χ4n) is 3.56. The van der Waals surface area contributed by atoms with E-state index in [1.807, 2.05) is 60.7 Å². The molecule has 0 amide bonds. The topological polar surface area (TPSA) is 138 Å². The average Bonchev–Trinajstić information content (AvgIpc) is 2.78. The molecular formula is C24H22N4O2S. The van der Waals surface area contributed by atoms with E-state index in [-0.39, 0.29) is 32.5 Å². The zero-order valence-corrected chi connectivity index (χ0v) is 17.4. The van der Waals surface area contributed by atoms with Crippen LogP contribution in [0.3, 0.4) is 0 Å². The van der Waals surface area contributed by atoms with Gasteiger partial charge < -0.3 is 22.9 Å². The molecule has 0 unspecified atom stereocenters. The van der Waals surface area contributed by atoms with E-state index in [2.05, 4.69) is 0 Å². The largest absolute Gasteiger partial charge is 0.397 e. The third-order valence-electron chi connectivity index (χ3n) is 5.24. The van der Waals surface area contributed by atoms with Crippen molar-refractivity contribution in [1.82, 2.24) is 0 Å². The van der Waals surface area contributed by atoms with Crippen LogP contribution in [0.2, 0.25) is 0 Å². The lowest BCUT2D eigenvalue weighted by molar-refractivity contribution is 0.597. The van der Waals surface area contributed by atoms with Gasteiger partial charge in [0.05, 0.1) is 32.5 Å². The van der Waals surface area contributed by atoms with Crippen molar-refractivity contribution in [3.8, 4) is 22.3 Å². The maximum atomic E-state index is 13.4. The molecule has 0 saturated carbocycles. The van der Waals surface area contributed by atoms with Gasteiger partial charge in [0.25, 0.3) is 0 Å². The van der Waals surface area contributed by atoms with Crippen molar-refractivity contribution in [3.05, 3.63) is 84.9 Å². The van der Waals surface area contributed by atoms with E-state index in [1.165, 1.54) is 12.1 Å². The van der Waals surface area contributed by atoms with E-state index < -0.39 is 9.84 Å². The second-order valence-corrected chi connectivity index (χ2v) is 9.00. The van der Waals surface area contributed by atoms with Crippen molar-refractivity contribution in [2.45, 2.75) is 9.79 Å². The second kappa shape index (κ2) is 7.70. The maximum Gasteiger partial charge on any atom is 0.210 e. The Labute approximate surface area is 181 Å². The average molecular weight is 431 g/mol. The van der Waals surface area contributed by atoms with E-state index in [4.69, 9.17) is 22.9 Å². The molecule has 0 saturated heterocycles. The molecule has 0 atom stereocenters. The zero-order valence-electron chi connectivity index (χ0n) is 16.6. The van der Waals surface area contributed by atoms with Crippen LogP contribution in [0.25, 0.3) is 22.3 Å². The number of nitrogen functional groups attached to an aromatic ring is 4. The highest BCUT2D eigenvalue weighted by Gasteiger charge is 2.27. The molecule has 0 aliphatic carbocycles. The summed E-state index contributed by atoms with van der Waals surface area (Å²) in [5.74, 6) is 0. The number of hydrogen-bond acceptors (Lipinski definition) is 6. The number of hydrogen-bond donors (Lipinski definition) is 4. The molecule has 4 aromatic carbocycles. The van der Waals surface area contributed by atoms with Crippen LogP contribution in [0, 0.1) is 0 Å². The Bertz CT molecular complexity index is 1270. The highest BCUT2D eigenvalue weighted by atomic mass is 32.2. The van der Waals surface area contributed by atoms with Crippen LogP contribution in [0.4, 0.5) is 22.7 Å². The van der Waals surface area contributed by atoms with Gasteiger partial charge in [-0.25, -0.2) is 8.42 Å². The standard InChI is InChI=1S/C24H22N4O2S/c25-21-17(15-7-3-1-4-8-15)11-13-19(23(21)27)31(29,30)20-14-12-18(22(26)24(20)28)16-9-5-2-6-10-16/h1-14H,25-28H2. The molecule has 0 aromatic heterocycles. The van der Waals surface area contributed by atoms with Gasteiger partial charge in [0.1, 0.15) is 0 Å². The van der Waals surface area contributed by atoms with E-state index in [0.717, 1.165) is 11.1 Å². The van der Waals surface area contributed by atoms with Crippen LogP contribution in [0.15, 0.2) is 94.7 Å². The highest BCUT2D eigenvalue weighted by Crippen LogP contribution is 2.41. The number of sulfone groups is 1. The summed E-state index contributed by atoms with van der Waals surface area (Å²) in [7, 11) is -4.05. The first-order chi connectivity index (χ1) is 14.8. The molecule has 8 N–H and O–H groups in total. The Kier molecular flexibility index (Phi) is 5.04. The van der Waals surface area contributed by atoms with Gasteiger partial charge in [0.2, 0.25) is 9.84 Å². The molecule has 0 aliphatic rings. The first-order valence-corrected chi connectivity index (χ1v) is 11.0. The molecular weight excluding hydrogens is 408 g/mol. The monoisotopic (exact) mass is 430 g/mol. The van der Waals surface area contributed by atoms with Crippen molar-refractivity contribution in [1.29, 1.82) is 0 Å². The lowest BCUT2D eigenvalue weighted by atomic mass is 10.0. The van der Waals surface area contributed by atoms with Crippen molar-refractivity contribution < 1.29 is 8.42 Å². The van der Waals surface area contributed by atoms with E-state index in [0.29, 0.717) is 11.1 Å². The van der Waals surface area contributed by atoms with Crippen LogP contribution in [-0.2, 0) is 9.84 Å².